The molecule has 26 heavy (non-hydrogen) atoms. The van der Waals surface area contributed by atoms with E-state index in [1.54, 1.807) is 7.05 Å². The van der Waals surface area contributed by atoms with E-state index in [0.29, 0.717) is 19.4 Å². The molecule has 0 radical (unpaired) electrons. The predicted octanol–water partition coefficient (Wildman–Crippen LogP) is 5.71. The highest BCUT2D eigenvalue weighted by Gasteiger charge is 2.20. The van der Waals surface area contributed by atoms with Crippen molar-refractivity contribution in [1.82, 2.24) is 4.90 Å². The zero-order chi connectivity index (χ0) is 20.0. The summed E-state index contributed by atoms with van der Waals surface area (Å²) < 4.78 is 11.0. The van der Waals surface area contributed by atoms with E-state index in [9.17, 15) is 9.59 Å². The van der Waals surface area contributed by atoms with Gasteiger partial charge in [-0.25, -0.2) is 4.79 Å². The first-order valence-electron chi connectivity index (χ1n) is 10.3. The molecule has 0 atom stereocenters. The maximum absolute atomic E-state index is 12.1. The third-order valence-corrected chi connectivity index (χ3v) is 4.14. The van der Waals surface area contributed by atoms with Crippen LogP contribution in [0.5, 0.6) is 0 Å². The number of hydrogen-bond donors (Lipinski definition) is 0. The molecule has 0 heterocycles. The van der Waals surface area contributed by atoms with Gasteiger partial charge in [-0.1, -0.05) is 39.5 Å². The third kappa shape index (κ3) is 14.0. The van der Waals surface area contributed by atoms with E-state index in [1.807, 2.05) is 20.8 Å². The predicted molar refractivity (Wildman–Crippen MR) is 106 cm³/mol. The van der Waals surface area contributed by atoms with Crippen LogP contribution in [0.2, 0.25) is 0 Å². The number of carbonyl (C=O) groups excluding carboxylic acids is 2. The number of hydrogen-bond acceptors (Lipinski definition) is 4. The summed E-state index contributed by atoms with van der Waals surface area (Å²) in [6, 6.07) is 0. The lowest BCUT2D eigenvalue weighted by molar-refractivity contribution is -0.150. The van der Waals surface area contributed by atoms with Gasteiger partial charge >= 0.3 is 12.1 Å². The molecule has 0 N–H and O–H groups in total. The van der Waals surface area contributed by atoms with Gasteiger partial charge in [0.15, 0.2) is 0 Å². The minimum Gasteiger partial charge on any atom is -0.462 e. The monoisotopic (exact) mass is 371 g/mol. The molecule has 0 aliphatic rings. The number of ether oxygens (including phenoxy) is 2. The molecule has 5 heteroatoms. The molecule has 0 aliphatic heterocycles. The molecule has 0 unspecified atom stereocenters. The SMILES string of the molecule is CCCCCC(CCCCC)OC(=O)CCCN(C)C(=O)OC(C)(C)C. The van der Waals surface area contributed by atoms with E-state index in [0.717, 1.165) is 25.7 Å². The summed E-state index contributed by atoms with van der Waals surface area (Å²) in [6.45, 7) is 10.4. The summed E-state index contributed by atoms with van der Waals surface area (Å²) in [4.78, 5) is 25.5. The summed E-state index contributed by atoms with van der Waals surface area (Å²) in [5, 5.41) is 0. The van der Waals surface area contributed by atoms with Crippen LogP contribution in [0.25, 0.3) is 0 Å². The molecular weight excluding hydrogens is 330 g/mol. The summed E-state index contributed by atoms with van der Waals surface area (Å²) in [5.74, 6) is -0.152. The molecule has 154 valence electrons. The summed E-state index contributed by atoms with van der Waals surface area (Å²) in [6.07, 6.45) is 9.47. The van der Waals surface area contributed by atoms with Gasteiger partial charge in [0.2, 0.25) is 0 Å². The summed E-state index contributed by atoms with van der Waals surface area (Å²) in [5.41, 5.74) is -0.505. The smallest absolute Gasteiger partial charge is 0.410 e. The van der Waals surface area contributed by atoms with Crippen LogP contribution in [0.1, 0.15) is 98.8 Å². The van der Waals surface area contributed by atoms with E-state index in [-0.39, 0.29) is 18.2 Å². The van der Waals surface area contributed by atoms with E-state index in [1.165, 1.54) is 30.6 Å². The second-order valence-corrected chi connectivity index (χ2v) is 8.11. The van der Waals surface area contributed by atoms with Gasteiger partial charge in [-0.3, -0.25) is 4.79 Å². The van der Waals surface area contributed by atoms with Crippen molar-refractivity contribution >= 4 is 12.1 Å². The molecule has 0 fully saturated rings. The summed E-state index contributed by atoms with van der Waals surface area (Å²) >= 11 is 0. The Morgan fingerprint density at radius 1 is 0.923 bits per heavy atom. The van der Waals surface area contributed by atoms with Gasteiger partial charge in [0.25, 0.3) is 0 Å². The zero-order valence-corrected chi connectivity index (χ0v) is 17.9. The maximum atomic E-state index is 12.1. The number of unbranched alkanes of at least 4 members (excludes halogenated alkanes) is 4. The van der Waals surface area contributed by atoms with Crippen molar-refractivity contribution in [2.75, 3.05) is 13.6 Å². The summed E-state index contributed by atoms with van der Waals surface area (Å²) in [7, 11) is 1.69. The van der Waals surface area contributed by atoms with Crippen LogP contribution in [0.15, 0.2) is 0 Å². The molecule has 5 nitrogen and oxygen atoms in total. The highest BCUT2D eigenvalue weighted by Crippen LogP contribution is 2.16. The number of carbonyl (C=O) groups is 2. The standard InChI is InChI=1S/C21H41NO4/c1-7-9-11-14-18(15-12-10-8-2)25-19(23)16-13-17-22(6)20(24)26-21(3,4)5/h18H,7-17H2,1-6H3. The third-order valence-electron chi connectivity index (χ3n) is 4.14. The Hall–Kier alpha value is -1.26. The largest absolute Gasteiger partial charge is 0.462 e. The van der Waals surface area contributed by atoms with Crippen molar-refractivity contribution in [3.05, 3.63) is 0 Å². The Kier molecular flexibility index (Phi) is 13.2. The van der Waals surface area contributed by atoms with Gasteiger partial charge in [0.05, 0.1) is 0 Å². The molecule has 0 rings (SSSR count). The Labute approximate surface area is 160 Å². The minimum absolute atomic E-state index is 0.0455. The van der Waals surface area contributed by atoms with Crippen molar-refractivity contribution in [1.29, 1.82) is 0 Å². The van der Waals surface area contributed by atoms with Crippen LogP contribution in [0, 0.1) is 0 Å². The van der Waals surface area contributed by atoms with Crippen LogP contribution in [0.3, 0.4) is 0 Å². The van der Waals surface area contributed by atoms with Gasteiger partial charge in [-0.2, -0.15) is 0 Å². The average molecular weight is 372 g/mol. The number of rotatable bonds is 13. The van der Waals surface area contributed by atoms with Crippen molar-refractivity contribution in [3.63, 3.8) is 0 Å². The van der Waals surface area contributed by atoms with E-state index >= 15 is 0 Å². The molecule has 0 saturated heterocycles. The maximum Gasteiger partial charge on any atom is 0.410 e. The molecular formula is C21H41NO4. The lowest BCUT2D eigenvalue weighted by Crippen LogP contribution is -2.35. The second-order valence-electron chi connectivity index (χ2n) is 8.11. The van der Waals surface area contributed by atoms with Crippen molar-refractivity contribution in [3.8, 4) is 0 Å². The highest BCUT2D eigenvalue weighted by atomic mass is 16.6. The van der Waals surface area contributed by atoms with Gasteiger partial charge in [-0.15, -0.1) is 0 Å². The van der Waals surface area contributed by atoms with Gasteiger partial charge in [0, 0.05) is 20.0 Å². The first-order valence-corrected chi connectivity index (χ1v) is 10.3. The van der Waals surface area contributed by atoms with Gasteiger partial charge < -0.3 is 14.4 Å². The fraction of sp³-hybridized carbons (Fsp3) is 0.905. The van der Waals surface area contributed by atoms with Crippen molar-refractivity contribution in [2.45, 2.75) is 111 Å². The van der Waals surface area contributed by atoms with Crippen molar-refractivity contribution < 1.29 is 19.1 Å². The molecule has 1 amide bonds. The molecule has 0 aliphatic carbocycles. The molecule has 0 aromatic rings. The quantitative estimate of drug-likeness (QED) is 0.307. The molecule has 0 spiro atoms. The average Bonchev–Trinajstić information content (AvgIpc) is 2.53. The van der Waals surface area contributed by atoms with Gasteiger partial charge in [0.1, 0.15) is 11.7 Å². The van der Waals surface area contributed by atoms with E-state index in [2.05, 4.69) is 13.8 Å². The topological polar surface area (TPSA) is 55.8 Å². The Balaban J connectivity index is 4.17. The molecule has 0 saturated carbocycles. The van der Waals surface area contributed by atoms with E-state index in [4.69, 9.17) is 9.47 Å². The Morgan fingerprint density at radius 2 is 1.46 bits per heavy atom. The molecule has 0 aromatic carbocycles. The molecule has 0 aromatic heterocycles. The minimum atomic E-state index is -0.505. The van der Waals surface area contributed by atoms with Crippen LogP contribution in [-0.4, -0.2) is 42.3 Å². The van der Waals surface area contributed by atoms with Gasteiger partial charge in [-0.05, 0) is 52.9 Å². The number of esters is 1. The van der Waals surface area contributed by atoms with E-state index < -0.39 is 5.60 Å². The van der Waals surface area contributed by atoms with Crippen LogP contribution in [-0.2, 0) is 14.3 Å². The molecule has 0 bridgehead atoms. The van der Waals surface area contributed by atoms with Crippen LogP contribution >= 0.6 is 0 Å². The lowest BCUT2D eigenvalue weighted by atomic mass is 10.0. The lowest BCUT2D eigenvalue weighted by Gasteiger charge is -2.24. The Bertz CT molecular complexity index is 380. The zero-order valence-electron chi connectivity index (χ0n) is 17.9. The number of amides is 1. The number of nitrogens with zero attached hydrogens (tertiary/aromatic N) is 1. The van der Waals surface area contributed by atoms with Crippen molar-refractivity contribution in [2.24, 2.45) is 0 Å². The Morgan fingerprint density at radius 3 is 1.92 bits per heavy atom. The normalized spacial score (nSPS) is 11.5. The first-order chi connectivity index (χ1) is 12.2. The second kappa shape index (κ2) is 13.9. The highest BCUT2D eigenvalue weighted by molar-refractivity contribution is 5.70. The first kappa shape index (κ1) is 24.7. The fourth-order valence-corrected chi connectivity index (χ4v) is 2.64. The van der Waals surface area contributed by atoms with Crippen LogP contribution in [0.4, 0.5) is 4.79 Å². The fourth-order valence-electron chi connectivity index (χ4n) is 2.64. The van der Waals surface area contributed by atoms with Crippen LogP contribution < -0.4 is 0 Å².